The molecule has 3 heteroatoms. The molecule has 96 valence electrons. The average molecular weight is 244 g/mol. The Morgan fingerprint density at radius 2 is 2.00 bits per heavy atom. The van der Waals surface area contributed by atoms with E-state index in [-0.39, 0.29) is 0 Å². The maximum absolute atomic E-state index is 3.73. The third kappa shape index (κ3) is 3.64. The normalized spacial score (nSPS) is 24.9. The first kappa shape index (κ1) is 14.3. The second-order valence-electron chi connectivity index (χ2n) is 4.78. The van der Waals surface area contributed by atoms with Crippen LogP contribution >= 0.6 is 11.8 Å². The van der Waals surface area contributed by atoms with Crippen LogP contribution in [0.4, 0.5) is 0 Å². The van der Waals surface area contributed by atoms with Gasteiger partial charge in [-0.15, -0.1) is 0 Å². The summed E-state index contributed by atoms with van der Waals surface area (Å²) in [6, 6.07) is 1.40. The zero-order valence-corrected chi connectivity index (χ0v) is 12.1. The van der Waals surface area contributed by atoms with Gasteiger partial charge in [-0.3, -0.25) is 0 Å². The maximum atomic E-state index is 3.73. The highest BCUT2D eigenvalue weighted by Gasteiger charge is 2.31. The van der Waals surface area contributed by atoms with Crippen LogP contribution < -0.4 is 5.32 Å². The summed E-state index contributed by atoms with van der Waals surface area (Å²) < 4.78 is 0. The molecule has 1 heterocycles. The summed E-state index contributed by atoms with van der Waals surface area (Å²) in [6.45, 7) is 9.22. The molecule has 1 N–H and O–H groups in total. The molecule has 1 aliphatic rings. The molecule has 0 spiro atoms. The van der Waals surface area contributed by atoms with E-state index < -0.39 is 0 Å². The van der Waals surface area contributed by atoms with Gasteiger partial charge in [0.1, 0.15) is 0 Å². The molecule has 0 saturated carbocycles. The number of nitrogens with zero attached hydrogens (tertiary/aromatic N) is 1. The molecule has 2 nitrogen and oxygen atoms in total. The molecule has 0 aromatic rings. The first-order valence-electron chi connectivity index (χ1n) is 6.75. The molecule has 16 heavy (non-hydrogen) atoms. The van der Waals surface area contributed by atoms with E-state index in [0.717, 1.165) is 18.5 Å². The standard InChI is InChI=1S/C13H28N2S/c1-5-11(6-2)13(14-7-3)12-10-16-9-8-15(12)4/h11-14H,5-10H2,1-4H3. The predicted octanol–water partition coefficient (Wildman–Crippen LogP) is 2.45. The fraction of sp³-hybridized carbons (Fsp3) is 1.00. The summed E-state index contributed by atoms with van der Waals surface area (Å²) in [5.41, 5.74) is 0. The number of hydrogen-bond acceptors (Lipinski definition) is 3. The molecule has 2 atom stereocenters. The minimum atomic E-state index is 0.679. The lowest BCUT2D eigenvalue weighted by Crippen LogP contribution is -2.55. The summed E-state index contributed by atoms with van der Waals surface area (Å²) in [4.78, 5) is 2.56. The Labute approximate surface area is 106 Å². The summed E-state index contributed by atoms with van der Waals surface area (Å²) in [5.74, 6) is 3.42. The lowest BCUT2D eigenvalue weighted by Gasteiger charge is -2.41. The van der Waals surface area contributed by atoms with Crippen molar-refractivity contribution in [2.75, 3.05) is 31.6 Å². The topological polar surface area (TPSA) is 15.3 Å². The van der Waals surface area contributed by atoms with Gasteiger partial charge in [-0.05, 0) is 19.5 Å². The molecule has 1 fully saturated rings. The highest BCUT2D eigenvalue weighted by molar-refractivity contribution is 7.99. The molecular weight excluding hydrogens is 216 g/mol. The quantitative estimate of drug-likeness (QED) is 0.772. The first-order chi connectivity index (χ1) is 7.74. The van der Waals surface area contributed by atoms with Crippen molar-refractivity contribution in [1.29, 1.82) is 0 Å². The Morgan fingerprint density at radius 3 is 2.50 bits per heavy atom. The summed E-state index contributed by atoms with van der Waals surface area (Å²) >= 11 is 2.12. The van der Waals surface area contributed by atoms with Crippen molar-refractivity contribution in [3.8, 4) is 0 Å². The van der Waals surface area contributed by atoms with Crippen LogP contribution in [0.15, 0.2) is 0 Å². The molecule has 0 radical (unpaired) electrons. The molecule has 0 aliphatic carbocycles. The minimum absolute atomic E-state index is 0.679. The average Bonchev–Trinajstić information content (AvgIpc) is 2.30. The lowest BCUT2D eigenvalue weighted by molar-refractivity contribution is 0.169. The van der Waals surface area contributed by atoms with E-state index in [4.69, 9.17) is 0 Å². The minimum Gasteiger partial charge on any atom is -0.312 e. The second kappa shape index (κ2) is 7.57. The molecule has 1 aliphatic heterocycles. The fourth-order valence-corrected chi connectivity index (χ4v) is 4.02. The van der Waals surface area contributed by atoms with Crippen LogP contribution in [0.5, 0.6) is 0 Å². The van der Waals surface area contributed by atoms with Crippen LogP contribution in [0, 0.1) is 5.92 Å². The van der Waals surface area contributed by atoms with Crippen molar-refractivity contribution < 1.29 is 0 Å². The van der Waals surface area contributed by atoms with Gasteiger partial charge in [0.05, 0.1) is 0 Å². The number of rotatable bonds is 6. The molecule has 0 aromatic heterocycles. The van der Waals surface area contributed by atoms with E-state index in [1.54, 1.807) is 0 Å². The zero-order chi connectivity index (χ0) is 12.0. The van der Waals surface area contributed by atoms with Gasteiger partial charge in [0.25, 0.3) is 0 Å². The monoisotopic (exact) mass is 244 g/mol. The number of likely N-dealkylation sites (N-methyl/N-ethyl adjacent to an activating group) is 2. The summed E-state index contributed by atoms with van der Waals surface area (Å²) in [7, 11) is 2.29. The van der Waals surface area contributed by atoms with Crippen LogP contribution in [-0.4, -0.2) is 48.6 Å². The van der Waals surface area contributed by atoms with E-state index in [1.165, 1.54) is 30.9 Å². The van der Waals surface area contributed by atoms with Crippen LogP contribution in [0.1, 0.15) is 33.6 Å². The Kier molecular flexibility index (Phi) is 6.78. The summed E-state index contributed by atoms with van der Waals surface area (Å²) in [6.07, 6.45) is 2.59. The van der Waals surface area contributed by atoms with Gasteiger partial charge in [0.2, 0.25) is 0 Å². The van der Waals surface area contributed by atoms with Gasteiger partial charge >= 0.3 is 0 Å². The molecule has 1 rings (SSSR count). The van der Waals surface area contributed by atoms with Crippen LogP contribution in [0.25, 0.3) is 0 Å². The van der Waals surface area contributed by atoms with Crippen molar-refractivity contribution in [2.24, 2.45) is 5.92 Å². The largest absolute Gasteiger partial charge is 0.312 e. The third-order valence-electron chi connectivity index (χ3n) is 3.85. The Morgan fingerprint density at radius 1 is 1.31 bits per heavy atom. The fourth-order valence-electron chi connectivity index (χ4n) is 2.73. The van der Waals surface area contributed by atoms with Gasteiger partial charge in [-0.2, -0.15) is 11.8 Å². The van der Waals surface area contributed by atoms with E-state index in [9.17, 15) is 0 Å². The highest BCUT2D eigenvalue weighted by atomic mass is 32.2. The predicted molar refractivity (Wildman–Crippen MR) is 75.3 cm³/mol. The smallest absolute Gasteiger partial charge is 0.0339 e. The highest BCUT2D eigenvalue weighted by Crippen LogP contribution is 2.24. The Hall–Kier alpha value is 0.270. The zero-order valence-electron chi connectivity index (χ0n) is 11.3. The van der Waals surface area contributed by atoms with E-state index in [2.05, 4.69) is 49.8 Å². The number of hydrogen-bond donors (Lipinski definition) is 1. The van der Waals surface area contributed by atoms with E-state index in [0.29, 0.717) is 6.04 Å². The van der Waals surface area contributed by atoms with Crippen molar-refractivity contribution >= 4 is 11.8 Å². The Balaban J connectivity index is 2.65. The van der Waals surface area contributed by atoms with E-state index in [1.807, 2.05) is 0 Å². The first-order valence-corrected chi connectivity index (χ1v) is 7.91. The maximum Gasteiger partial charge on any atom is 0.0339 e. The molecule has 2 unspecified atom stereocenters. The van der Waals surface area contributed by atoms with Gasteiger partial charge in [0.15, 0.2) is 0 Å². The molecule has 0 amide bonds. The SMILES string of the molecule is CCNC(C(CC)CC)C1CSCCN1C. The Bertz CT molecular complexity index is 183. The number of nitrogens with one attached hydrogen (secondary N) is 1. The van der Waals surface area contributed by atoms with Gasteiger partial charge in [-0.25, -0.2) is 0 Å². The van der Waals surface area contributed by atoms with Gasteiger partial charge in [0, 0.05) is 30.1 Å². The van der Waals surface area contributed by atoms with E-state index >= 15 is 0 Å². The lowest BCUT2D eigenvalue weighted by atomic mass is 9.88. The van der Waals surface area contributed by atoms with Crippen molar-refractivity contribution in [3.05, 3.63) is 0 Å². The van der Waals surface area contributed by atoms with Gasteiger partial charge in [-0.1, -0.05) is 33.6 Å². The van der Waals surface area contributed by atoms with Crippen LogP contribution in [-0.2, 0) is 0 Å². The summed E-state index contributed by atoms with van der Waals surface area (Å²) in [5, 5.41) is 3.73. The third-order valence-corrected chi connectivity index (χ3v) is 4.90. The number of thioether (sulfide) groups is 1. The van der Waals surface area contributed by atoms with Gasteiger partial charge < -0.3 is 10.2 Å². The molecule has 0 bridgehead atoms. The van der Waals surface area contributed by atoms with Crippen molar-refractivity contribution in [3.63, 3.8) is 0 Å². The van der Waals surface area contributed by atoms with Crippen LogP contribution in [0.2, 0.25) is 0 Å². The van der Waals surface area contributed by atoms with Crippen molar-refractivity contribution in [1.82, 2.24) is 10.2 Å². The molecule has 1 saturated heterocycles. The van der Waals surface area contributed by atoms with Crippen molar-refractivity contribution in [2.45, 2.75) is 45.7 Å². The van der Waals surface area contributed by atoms with Crippen LogP contribution in [0.3, 0.4) is 0 Å². The molecule has 0 aromatic carbocycles. The molecular formula is C13H28N2S. The second-order valence-corrected chi connectivity index (χ2v) is 5.93.